The van der Waals surface area contributed by atoms with Gasteiger partial charge >= 0.3 is 0 Å². The Balaban J connectivity index is 0.00000144. The van der Waals surface area contributed by atoms with E-state index in [9.17, 15) is 0 Å². The number of hydrogen-bond acceptors (Lipinski definition) is 5. The highest BCUT2D eigenvalue weighted by Gasteiger charge is 2.11. The lowest BCUT2D eigenvalue weighted by Crippen LogP contribution is -2.24. The van der Waals surface area contributed by atoms with Gasteiger partial charge in [-0.05, 0) is 26.1 Å². The summed E-state index contributed by atoms with van der Waals surface area (Å²) in [5.74, 6) is 1.17. The normalized spacial score (nSPS) is 11.9. The molecule has 1 unspecified atom stereocenters. The maximum atomic E-state index is 5.14. The first-order valence-electron chi connectivity index (χ1n) is 5.21. The second-order valence-corrected chi connectivity index (χ2v) is 3.62. The van der Waals surface area contributed by atoms with E-state index in [2.05, 4.69) is 27.4 Å². The zero-order chi connectivity index (χ0) is 11.4. The van der Waals surface area contributed by atoms with Gasteiger partial charge in [-0.15, -0.1) is 12.4 Å². The predicted octanol–water partition coefficient (Wildman–Crippen LogP) is 1.70. The minimum atomic E-state index is 0. The minimum Gasteiger partial charge on any atom is -0.332 e. The molecule has 0 bridgehead atoms. The van der Waals surface area contributed by atoms with Crippen LogP contribution in [0.1, 0.15) is 12.7 Å². The van der Waals surface area contributed by atoms with Crippen molar-refractivity contribution in [2.24, 2.45) is 0 Å². The molecular formula is C11H15ClN4O. The highest BCUT2D eigenvalue weighted by Crippen LogP contribution is 2.13. The lowest BCUT2D eigenvalue weighted by atomic mass is 10.2. The van der Waals surface area contributed by atoms with Crippen molar-refractivity contribution in [1.29, 1.82) is 0 Å². The summed E-state index contributed by atoms with van der Waals surface area (Å²) in [6.07, 6.45) is 2.45. The summed E-state index contributed by atoms with van der Waals surface area (Å²) in [4.78, 5) is 8.44. The zero-order valence-electron chi connectivity index (χ0n) is 9.75. The van der Waals surface area contributed by atoms with Gasteiger partial charge in [0.05, 0.1) is 0 Å². The van der Waals surface area contributed by atoms with Gasteiger partial charge in [-0.1, -0.05) is 11.2 Å². The van der Waals surface area contributed by atoms with Crippen molar-refractivity contribution in [3.8, 4) is 11.6 Å². The predicted molar refractivity (Wildman–Crippen MR) is 67.0 cm³/mol. The SMILES string of the molecule is CNC(C)Cc1noc(-c2ccccn2)n1.Cl. The fraction of sp³-hybridized carbons (Fsp3) is 0.364. The molecule has 6 heteroatoms. The molecule has 0 saturated heterocycles. The first-order chi connectivity index (χ1) is 7.79. The Kier molecular flexibility index (Phi) is 5.06. The molecule has 5 nitrogen and oxygen atoms in total. The van der Waals surface area contributed by atoms with Crippen LogP contribution in [-0.4, -0.2) is 28.2 Å². The Bertz CT molecular complexity index is 446. The molecule has 2 aromatic rings. The maximum Gasteiger partial charge on any atom is 0.276 e. The number of hydrogen-bond donors (Lipinski definition) is 1. The van der Waals surface area contributed by atoms with Crippen LogP contribution >= 0.6 is 12.4 Å². The van der Waals surface area contributed by atoms with Gasteiger partial charge in [0.15, 0.2) is 5.82 Å². The molecule has 0 radical (unpaired) electrons. The molecule has 1 N–H and O–H groups in total. The van der Waals surface area contributed by atoms with Crippen molar-refractivity contribution in [2.75, 3.05) is 7.05 Å². The molecule has 0 saturated carbocycles. The molecule has 17 heavy (non-hydrogen) atoms. The molecule has 0 fully saturated rings. The van der Waals surface area contributed by atoms with Crippen molar-refractivity contribution in [3.05, 3.63) is 30.2 Å². The van der Waals surface area contributed by atoms with Crippen molar-refractivity contribution in [3.63, 3.8) is 0 Å². The number of likely N-dealkylation sites (N-methyl/N-ethyl adjacent to an activating group) is 1. The fourth-order valence-electron chi connectivity index (χ4n) is 1.31. The largest absolute Gasteiger partial charge is 0.332 e. The Morgan fingerprint density at radius 2 is 2.24 bits per heavy atom. The van der Waals surface area contributed by atoms with E-state index in [1.807, 2.05) is 25.2 Å². The Morgan fingerprint density at radius 3 is 2.88 bits per heavy atom. The van der Waals surface area contributed by atoms with Crippen LogP contribution in [-0.2, 0) is 6.42 Å². The van der Waals surface area contributed by atoms with Crippen LogP contribution in [0.5, 0.6) is 0 Å². The summed E-state index contributed by atoms with van der Waals surface area (Å²) in [7, 11) is 1.91. The maximum absolute atomic E-state index is 5.14. The molecule has 2 rings (SSSR count). The third kappa shape index (κ3) is 3.51. The number of aromatic nitrogens is 3. The topological polar surface area (TPSA) is 63.8 Å². The van der Waals surface area contributed by atoms with Crippen LogP contribution in [0.4, 0.5) is 0 Å². The molecule has 2 aromatic heterocycles. The molecule has 0 aliphatic rings. The standard InChI is InChI=1S/C11H14N4O.ClH/c1-8(12-2)7-10-14-11(16-15-10)9-5-3-4-6-13-9;/h3-6,8,12H,7H2,1-2H3;1H. The Labute approximate surface area is 106 Å². The van der Waals surface area contributed by atoms with E-state index in [-0.39, 0.29) is 12.4 Å². The van der Waals surface area contributed by atoms with Gasteiger partial charge in [-0.2, -0.15) is 4.98 Å². The first-order valence-corrected chi connectivity index (χ1v) is 5.21. The molecule has 0 aromatic carbocycles. The summed E-state index contributed by atoms with van der Waals surface area (Å²) in [5.41, 5.74) is 0.707. The molecule has 1 atom stereocenters. The average Bonchev–Trinajstić information content (AvgIpc) is 2.78. The van der Waals surface area contributed by atoms with Crippen LogP contribution in [0.3, 0.4) is 0 Å². The third-order valence-electron chi connectivity index (χ3n) is 2.33. The van der Waals surface area contributed by atoms with Crippen molar-refractivity contribution < 1.29 is 4.52 Å². The van der Waals surface area contributed by atoms with Gasteiger partial charge in [-0.3, -0.25) is 4.98 Å². The molecule has 92 valence electrons. The minimum absolute atomic E-state index is 0. The quantitative estimate of drug-likeness (QED) is 0.900. The lowest BCUT2D eigenvalue weighted by molar-refractivity contribution is 0.417. The van der Waals surface area contributed by atoms with E-state index in [4.69, 9.17) is 4.52 Å². The summed E-state index contributed by atoms with van der Waals surface area (Å²) in [6.45, 7) is 2.07. The molecule has 2 heterocycles. The second kappa shape index (κ2) is 6.32. The number of pyridine rings is 1. The van der Waals surface area contributed by atoms with E-state index in [0.29, 0.717) is 23.5 Å². The monoisotopic (exact) mass is 254 g/mol. The fourth-order valence-corrected chi connectivity index (χ4v) is 1.31. The Hall–Kier alpha value is -1.46. The van der Waals surface area contributed by atoms with Gasteiger partial charge in [0.2, 0.25) is 0 Å². The summed E-state index contributed by atoms with van der Waals surface area (Å²) in [5, 5.41) is 7.04. The smallest absolute Gasteiger partial charge is 0.276 e. The molecule has 0 aliphatic carbocycles. The van der Waals surface area contributed by atoms with E-state index >= 15 is 0 Å². The lowest BCUT2D eigenvalue weighted by Gasteiger charge is -2.04. The van der Waals surface area contributed by atoms with Crippen LogP contribution in [0.25, 0.3) is 11.6 Å². The van der Waals surface area contributed by atoms with E-state index in [1.54, 1.807) is 6.20 Å². The van der Waals surface area contributed by atoms with Gasteiger partial charge in [0.1, 0.15) is 5.69 Å². The number of halogens is 1. The van der Waals surface area contributed by atoms with E-state index < -0.39 is 0 Å². The summed E-state index contributed by atoms with van der Waals surface area (Å²) >= 11 is 0. The highest BCUT2D eigenvalue weighted by molar-refractivity contribution is 5.85. The van der Waals surface area contributed by atoms with Crippen LogP contribution in [0, 0.1) is 0 Å². The Morgan fingerprint density at radius 1 is 1.41 bits per heavy atom. The van der Waals surface area contributed by atoms with Crippen molar-refractivity contribution >= 4 is 12.4 Å². The molecule has 0 spiro atoms. The van der Waals surface area contributed by atoms with Gasteiger partial charge in [-0.25, -0.2) is 0 Å². The van der Waals surface area contributed by atoms with Gasteiger partial charge in [0, 0.05) is 18.7 Å². The number of rotatable bonds is 4. The van der Waals surface area contributed by atoms with Gasteiger partial charge < -0.3 is 9.84 Å². The van der Waals surface area contributed by atoms with Gasteiger partial charge in [0.25, 0.3) is 5.89 Å². The number of nitrogens with one attached hydrogen (secondary N) is 1. The number of nitrogens with zero attached hydrogens (tertiary/aromatic N) is 3. The summed E-state index contributed by atoms with van der Waals surface area (Å²) in [6, 6.07) is 5.92. The molecule has 0 amide bonds. The van der Waals surface area contributed by atoms with Crippen LogP contribution in [0.2, 0.25) is 0 Å². The van der Waals surface area contributed by atoms with E-state index in [1.165, 1.54) is 0 Å². The molecular weight excluding hydrogens is 240 g/mol. The zero-order valence-corrected chi connectivity index (χ0v) is 10.6. The van der Waals surface area contributed by atoms with Crippen LogP contribution in [0.15, 0.2) is 28.9 Å². The third-order valence-corrected chi connectivity index (χ3v) is 2.33. The second-order valence-electron chi connectivity index (χ2n) is 3.62. The first kappa shape index (κ1) is 13.6. The average molecular weight is 255 g/mol. The molecule has 0 aliphatic heterocycles. The van der Waals surface area contributed by atoms with E-state index in [0.717, 1.165) is 6.42 Å². The van der Waals surface area contributed by atoms with Crippen LogP contribution < -0.4 is 5.32 Å². The van der Waals surface area contributed by atoms with Crippen molar-refractivity contribution in [2.45, 2.75) is 19.4 Å². The highest BCUT2D eigenvalue weighted by atomic mass is 35.5. The summed E-state index contributed by atoms with van der Waals surface area (Å²) < 4.78 is 5.14. The van der Waals surface area contributed by atoms with Crippen molar-refractivity contribution in [1.82, 2.24) is 20.4 Å².